The van der Waals surface area contributed by atoms with Crippen molar-refractivity contribution in [2.24, 2.45) is 0 Å². The Labute approximate surface area is 174 Å². The van der Waals surface area contributed by atoms with Crippen molar-refractivity contribution in [1.82, 2.24) is 0 Å². The van der Waals surface area contributed by atoms with Gasteiger partial charge in [-0.25, -0.2) is 0 Å². The van der Waals surface area contributed by atoms with Crippen molar-refractivity contribution in [3.8, 4) is 0 Å². The van der Waals surface area contributed by atoms with E-state index in [-0.39, 0.29) is 17.6 Å². The lowest BCUT2D eigenvalue weighted by Gasteiger charge is -2.38. The number of nitrogens with zero attached hydrogens (tertiary/aromatic N) is 1. The van der Waals surface area contributed by atoms with Gasteiger partial charge in [0, 0.05) is 40.7 Å². The minimum atomic E-state index is -0.194. The van der Waals surface area contributed by atoms with E-state index >= 15 is 0 Å². The summed E-state index contributed by atoms with van der Waals surface area (Å²) in [6, 6.07) is 21.6. The maximum Gasteiger partial charge on any atom is 0.232 e. The van der Waals surface area contributed by atoms with Crippen molar-refractivity contribution in [2.75, 3.05) is 4.90 Å². The first-order valence-corrected chi connectivity index (χ1v) is 10.3. The summed E-state index contributed by atoms with van der Waals surface area (Å²) < 4.78 is 0. The number of fused-ring (bicyclic) bond motifs is 1. The lowest BCUT2D eigenvalue weighted by Crippen LogP contribution is -2.40. The number of amides is 1. The molecular weight excluding hydrogens is 382 g/mol. The van der Waals surface area contributed by atoms with Crippen LogP contribution in [0.15, 0.2) is 78.0 Å². The van der Waals surface area contributed by atoms with Crippen molar-refractivity contribution < 1.29 is 9.59 Å². The summed E-state index contributed by atoms with van der Waals surface area (Å²) in [5, 5.41) is 2.86. The Morgan fingerprint density at radius 3 is 2.45 bits per heavy atom. The third-order valence-corrected chi connectivity index (χ3v) is 6.21. The van der Waals surface area contributed by atoms with Crippen molar-refractivity contribution in [2.45, 2.75) is 31.6 Å². The molecule has 0 aromatic heterocycles. The van der Waals surface area contributed by atoms with Gasteiger partial charge in [0.05, 0.1) is 0 Å². The van der Waals surface area contributed by atoms with Crippen LogP contribution in [0.3, 0.4) is 0 Å². The minimum absolute atomic E-state index is 0.0266. The molecule has 0 fully saturated rings. The number of carbonyl (C=O) groups is 2. The second-order valence-corrected chi connectivity index (χ2v) is 8.10. The lowest BCUT2D eigenvalue weighted by atomic mass is 9.76. The number of benzene rings is 3. The average Bonchev–Trinajstić information content (AvgIpc) is 2.74. The normalized spacial score (nSPS) is 19.6. The van der Waals surface area contributed by atoms with E-state index in [4.69, 9.17) is 11.6 Å². The molecule has 0 saturated carbocycles. The smallest absolute Gasteiger partial charge is 0.232 e. The molecule has 4 heteroatoms. The zero-order chi connectivity index (χ0) is 20.0. The molecule has 3 aromatic carbocycles. The summed E-state index contributed by atoms with van der Waals surface area (Å²) in [4.78, 5) is 28.1. The Kier molecular flexibility index (Phi) is 4.48. The molecule has 1 unspecified atom stereocenters. The molecule has 0 radical (unpaired) electrons. The molecule has 1 aliphatic carbocycles. The van der Waals surface area contributed by atoms with E-state index in [0.717, 1.165) is 46.1 Å². The number of Topliss-reactive ketones (excluding diaryl/α,β-unsaturated/α-hetero) is 1. The van der Waals surface area contributed by atoms with Crippen LogP contribution >= 0.6 is 11.6 Å². The highest BCUT2D eigenvalue weighted by molar-refractivity contribution is 6.30. The first kappa shape index (κ1) is 18.1. The molecule has 29 heavy (non-hydrogen) atoms. The van der Waals surface area contributed by atoms with Crippen LogP contribution in [0.25, 0.3) is 10.8 Å². The van der Waals surface area contributed by atoms with Crippen molar-refractivity contribution in [1.29, 1.82) is 0 Å². The van der Waals surface area contributed by atoms with Gasteiger partial charge in [0.2, 0.25) is 5.91 Å². The van der Waals surface area contributed by atoms with Gasteiger partial charge < -0.3 is 0 Å². The fraction of sp³-hybridized carbons (Fsp3) is 0.200. The molecule has 2 aliphatic rings. The van der Waals surface area contributed by atoms with Gasteiger partial charge in [-0.1, -0.05) is 54.1 Å². The third kappa shape index (κ3) is 3.06. The number of hydrogen-bond donors (Lipinski definition) is 0. The SMILES string of the molecule is O=C1CCCC2=C1C(c1cccc3ccccc13)CC(=O)N2c1ccc(Cl)cc1. The second kappa shape index (κ2) is 7.16. The fourth-order valence-electron chi connectivity index (χ4n) is 4.70. The van der Waals surface area contributed by atoms with Gasteiger partial charge in [0.1, 0.15) is 0 Å². The van der Waals surface area contributed by atoms with E-state index in [0.29, 0.717) is 17.9 Å². The number of carbonyl (C=O) groups excluding carboxylic acids is 2. The van der Waals surface area contributed by atoms with Gasteiger partial charge in [-0.15, -0.1) is 0 Å². The fourth-order valence-corrected chi connectivity index (χ4v) is 4.83. The number of rotatable bonds is 2. The molecule has 144 valence electrons. The Morgan fingerprint density at radius 2 is 1.62 bits per heavy atom. The Morgan fingerprint density at radius 1 is 0.862 bits per heavy atom. The third-order valence-electron chi connectivity index (χ3n) is 5.96. The zero-order valence-corrected chi connectivity index (χ0v) is 16.7. The molecule has 0 spiro atoms. The summed E-state index contributed by atoms with van der Waals surface area (Å²) in [5.74, 6) is -0.00527. The Hall–Kier alpha value is -2.91. The molecule has 3 aromatic rings. The molecule has 1 amide bonds. The molecule has 0 bridgehead atoms. The summed E-state index contributed by atoms with van der Waals surface area (Å²) in [7, 11) is 0. The van der Waals surface area contributed by atoms with E-state index in [1.807, 2.05) is 30.3 Å². The van der Waals surface area contributed by atoms with E-state index in [9.17, 15) is 9.59 Å². The van der Waals surface area contributed by atoms with E-state index in [2.05, 4.69) is 24.3 Å². The molecule has 5 rings (SSSR count). The van der Waals surface area contributed by atoms with E-state index in [1.54, 1.807) is 17.0 Å². The van der Waals surface area contributed by atoms with Crippen LogP contribution in [-0.4, -0.2) is 11.7 Å². The predicted molar refractivity (Wildman–Crippen MR) is 116 cm³/mol. The summed E-state index contributed by atoms with van der Waals surface area (Å²) in [5.41, 5.74) is 3.51. The number of ketones is 1. The van der Waals surface area contributed by atoms with Gasteiger partial charge in [0.25, 0.3) is 0 Å². The number of anilines is 1. The Bertz CT molecular complexity index is 1160. The van der Waals surface area contributed by atoms with Gasteiger partial charge in [-0.3, -0.25) is 14.5 Å². The highest BCUT2D eigenvalue weighted by atomic mass is 35.5. The molecule has 1 heterocycles. The first-order valence-electron chi connectivity index (χ1n) is 9.96. The van der Waals surface area contributed by atoms with Crippen LogP contribution in [0.1, 0.15) is 37.2 Å². The van der Waals surface area contributed by atoms with E-state index in [1.165, 1.54) is 0 Å². The minimum Gasteiger partial charge on any atom is -0.294 e. The molecule has 0 N–H and O–H groups in total. The topological polar surface area (TPSA) is 37.4 Å². The molecule has 1 aliphatic heterocycles. The predicted octanol–water partition coefficient (Wildman–Crippen LogP) is 6.02. The maximum absolute atomic E-state index is 13.3. The number of allylic oxidation sites excluding steroid dienone is 2. The number of hydrogen-bond acceptors (Lipinski definition) is 2. The number of halogens is 1. The highest BCUT2D eigenvalue weighted by Gasteiger charge is 2.40. The second-order valence-electron chi connectivity index (χ2n) is 7.67. The van der Waals surface area contributed by atoms with Gasteiger partial charge in [-0.2, -0.15) is 0 Å². The van der Waals surface area contributed by atoms with Crippen LogP contribution in [0.5, 0.6) is 0 Å². The van der Waals surface area contributed by atoms with Crippen molar-refractivity contribution in [3.05, 3.63) is 88.6 Å². The molecule has 3 nitrogen and oxygen atoms in total. The largest absolute Gasteiger partial charge is 0.294 e. The van der Waals surface area contributed by atoms with Gasteiger partial charge in [0.15, 0.2) is 5.78 Å². The summed E-state index contributed by atoms with van der Waals surface area (Å²) in [6.45, 7) is 0. The lowest BCUT2D eigenvalue weighted by molar-refractivity contribution is -0.119. The standard InChI is InChI=1S/C25H20ClNO2/c26-17-11-13-18(14-12-17)27-22-9-4-10-23(28)25(22)21(15-24(27)29)20-8-3-6-16-5-1-2-7-19(16)20/h1-3,5-8,11-14,21H,4,9-10,15H2. The highest BCUT2D eigenvalue weighted by Crippen LogP contribution is 2.44. The Balaban J connectivity index is 1.70. The van der Waals surface area contributed by atoms with Gasteiger partial charge >= 0.3 is 0 Å². The zero-order valence-electron chi connectivity index (χ0n) is 15.9. The van der Waals surface area contributed by atoms with Gasteiger partial charge in [-0.05, 0) is 53.4 Å². The van der Waals surface area contributed by atoms with Crippen LogP contribution in [0.4, 0.5) is 5.69 Å². The first-order chi connectivity index (χ1) is 14.1. The van der Waals surface area contributed by atoms with Crippen molar-refractivity contribution >= 4 is 39.8 Å². The van der Waals surface area contributed by atoms with E-state index < -0.39 is 0 Å². The average molecular weight is 402 g/mol. The van der Waals surface area contributed by atoms with Crippen molar-refractivity contribution in [3.63, 3.8) is 0 Å². The monoisotopic (exact) mass is 401 g/mol. The molecule has 1 atom stereocenters. The summed E-state index contributed by atoms with van der Waals surface area (Å²) in [6.07, 6.45) is 2.35. The van der Waals surface area contributed by atoms with Crippen LogP contribution in [-0.2, 0) is 9.59 Å². The molecule has 0 saturated heterocycles. The maximum atomic E-state index is 13.3. The van der Waals surface area contributed by atoms with Crippen LogP contribution in [0, 0.1) is 0 Å². The molecular formula is C25H20ClNO2. The van der Waals surface area contributed by atoms with Crippen LogP contribution < -0.4 is 4.90 Å². The summed E-state index contributed by atoms with van der Waals surface area (Å²) >= 11 is 6.04. The quantitative estimate of drug-likeness (QED) is 0.526. The van der Waals surface area contributed by atoms with Crippen LogP contribution in [0.2, 0.25) is 5.02 Å².